The largest absolute Gasteiger partial charge is 0.489 e. The van der Waals surface area contributed by atoms with Crippen LogP contribution >= 0.6 is 0 Å². The number of ether oxygens (including phenoxy) is 1. The predicted octanol–water partition coefficient (Wildman–Crippen LogP) is 4.30. The third kappa shape index (κ3) is 6.28. The molecule has 9 nitrogen and oxygen atoms in total. The maximum Gasteiger partial charge on any atom is 0.138 e. The van der Waals surface area contributed by atoms with Gasteiger partial charge in [-0.1, -0.05) is 12.2 Å². The minimum atomic E-state index is -0.992. The quantitative estimate of drug-likeness (QED) is 0.323. The Balaban J connectivity index is 1.54. The van der Waals surface area contributed by atoms with E-state index >= 15 is 0 Å². The van der Waals surface area contributed by atoms with E-state index in [4.69, 9.17) is 9.72 Å². The molecule has 2 N–H and O–H groups in total. The maximum absolute atomic E-state index is 11.2. The lowest BCUT2D eigenvalue weighted by atomic mass is 9.85. The van der Waals surface area contributed by atoms with Gasteiger partial charge < -0.3 is 19.8 Å². The normalized spacial score (nSPS) is 16.1. The van der Waals surface area contributed by atoms with E-state index in [-0.39, 0.29) is 6.61 Å². The zero-order valence-corrected chi connectivity index (χ0v) is 22.1. The first-order chi connectivity index (χ1) is 18.1. The van der Waals surface area contributed by atoms with Gasteiger partial charge in [0.15, 0.2) is 0 Å². The summed E-state index contributed by atoms with van der Waals surface area (Å²) in [6, 6.07) is 7.97. The zero-order chi connectivity index (χ0) is 27.3. The van der Waals surface area contributed by atoms with Gasteiger partial charge in [-0.05, 0) is 64.1 Å². The van der Waals surface area contributed by atoms with Crippen molar-refractivity contribution >= 4 is 18.1 Å². The number of anilines is 1. The topological polar surface area (TPSA) is 119 Å². The lowest BCUT2D eigenvalue weighted by molar-refractivity contribution is 0.0171. The second-order valence-electron chi connectivity index (χ2n) is 10.3. The minimum Gasteiger partial charge on any atom is -0.489 e. The summed E-state index contributed by atoms with van der Waals surface area (Å²) in [6.45, 7) is 10.3. The number of aromatic nitrogens is 3. The number of nitriles is 1. The number of aliphatic imine (C=N–C) groups is 1. The van der Waals surface area contributed by atoms with Crippen LogP contribution in [0.4, 0.5) is 5.82 Å². The number of nitrogens with zero attached hydrogens (tertiary/aromatic N) is 6. The summed E-state index contributed by atoms with van der Waals surface area (Å²) >= 11 is 0. The van der Waals surface area contributed by atoms with Crippen molar-refractivity contribution in [3.8, 4) is 22.9 Å². The summed E-state index contributed by atoms with van der Waals surface area (Å²) in [6.07, 6.45) is 12.4. The number of fused-ring (bicyclic) bond motifs is 1. The molecule has 0 bridgehead atoms. The Kier molecular flexibility index (Phi) is 7.95. The van der Waals surface area contributed by atoms with Crippen molar-refractivity contribution in [1.82, 2.24) is 14.6 Å². The van der Waals surface area contributed by atoms with Crippen LogP contribution in [-0.4, -0.2) is 62.4 Å². The highest BCUT2D eigenvalue weighted by Crippen LogP contribution is 2.34. The van der Waals surface area contributed by atoms with Crippen molar-refractivity contribution in [2.75, 3.05) is 24.6 Å². The number of allylic oxidation sites excluding steroid dienone is 2. The van der Waals surface area contributed by atoms with E-state index in [1.807, 2.05) is 37.3 Å². The van der Waals surface area contributed by atoms with Crippen LogP contribution < -0.4 is 9.64 Å². The number of aliphatic hydroxyl groups is 2. The zero-order valence-electron chi connectivity index (χ0n) is 22.1. The lowest BCUT2D eigenvalue weighted by Gasteiger charge is -2.39. The van der Waals surface area contributed by atoms with Gasteiger partial charge in [-0.3, -0.25) is 4.99 Å². The van der Waals surface area contributed by atoms with E-state index in [0.717, 1.165) is 22.5 Å². The van der Waals surface area contributed by atoms with Crippen LogP contribution in [0.2, 0.25) is 0 Å². The molecule has 1 fully saturated rings. The Hall–Kier alpha value is -4.00. The average Bonchev–Trinajstić information content (AvgIpc) is 3.30. The molecule has 0 aromatic carbocycles. The Bertz CT molecular complexity index is 1380. The predicted molar refractivity (Wildman–Crippen MR) is 148 cm³/mol. The second-order valence-corrected chi connectivity index (χ2v) is 10.3. The molecule has 0 radical (unpaired) electrons. The van der Waals surface area contributed by atoms with E-state index in [2.05, 4.69) is 27.8 Å². The van der Waals surface area contributed by atoms with Crippen molar-refractivity contribution in [2.45, 2.75) is 51.2 Å². The van der Waals surface area contributed by atoms with E-state index < -0.39 is 11.2 Å². The molecule has 4 rings (SSSR count). The van der Waals surface area contributed by atoms with Gasteiger partial charge in [0.2, 0.25) is 0 Å². The fourth-order valence-electron chi connectivity index (χ4n) is 4.66. The van der Waals surface area contributed by atoms with Gasteiger partial charge in [-0.15, -0.1) is 0 Å². The highest BCUT2D eigenvalue weighted by Gasteiger charge is 2.33. The summed E-state index contributed by atoms with van der Waals surface area (Å²) in [5, 5.41) is 35.2. The maximum atomic E-state index is 11.2. The Morgan fingerprint density at radius 3 is 2.68 bits per heavy atom. The van der Waals surface area contributed by atoms with Crippen LogP contribution in [0.3, 0.4) is 0 Å². The molecule has 0 atom stereocenters. The Labute approximate surface area is 223 Å². The van der Waals surface area contributed by atoms with Gasteiger partial charge in [-0.25, -0.2) is 9.50 Å². The standard InChI is InChI=1S/C29H34N6O3/c1-5-6-21(16-31-4)14-29(37)9-11-34(12-10-29)26-8-7-22(17-32-26)25-13-24(38-20-28(2,3)36)19-35-27(25)23(15-30)18-33-35/h5-8,13,16-19,36-37H,4,9-12,14,20H2,1-3H3/b6-5-,21-16+. The first-order valence-corrected chi connectivity index (χ1v) is 12.6. The van der Waals surface area contributed by atoms with E-state index in [9.17, 15) is 15.5 Å². The van der Waals surface area contributed by atoms with Crippen molar-refractivity contribution in [2.24, 2.45) is 4.99 Å². The molecule has 0 spiro atoms. The van der Waals surface area contributed by atoms with Crippen LogP contribution in [0.15, 0.2) is 65.7 Å². The van der Waals surface area contributed by atoms with Gasteiger partial charge in [0, 0.05) is 43.0 Å². The molecule has 9 heteroatoms. The van der Waals surface area contributed by atoms with Crippen molar-refractivity contribution in [3.05, 3.63) is 66.3 Å². The second kappa shape index (κ2) is 11.2. The molecule has 38 heavy (non-hydrogen) atoms. The highest BCUT2D eigenvalue weighted by atomic mass is 16.5. The number of hydrogen-bond acceptors (Lipinski definition) is 8. The molecule has 1 saturated heterocycles. The molecule has 4 heterocycles. The summed E-state index contributed by atoms with van der Waals surface area (Å²) in [4.78, 5) is 10.7. The fraction of sp³-hybridized carbons (Fsp3) is 0.379. The number of pyridine rings is 2. The minimum absolute atomic E-state index is 0.110. The average molecular weight is 515 g/mol. The Morgan fingerprint density at radius 2 is 2.08 bits per heavy atom. The molecule has 0 saturated carbocycles. The number of hydrogen-bond donors (Lipinski definition) is 2. The number of piperidine rings is 1. The molecule has 0 amide bonds. The fourth-order valence-corrected chi connectivity index (χ4v) is 4.66. The van der Waals surface area contributed by atoms with Crippen LogP contribution in [-0.2, 0) is 0 Å². The van der Waals surface area contributed by atoms with Crippen molar-refractivity contribution in [1.29, 1.82) is 5.26 Å². The molecule has 1 aliphatic rings. The molecule has 0 unspecified atom stereocenters. The monoisotopic (exact) mass is 514 g/mol. The summed E-state index contributed by atoms with van der Waals surface area (Å²) in [7, 11) is 0. The van der Waals surface area contributed by atoms with E-state index in [1.54, 1.807) is 37.0 Å². The van der Waals surface area contributed by atoms with Crippen molar-refractivity contribution < 1.29 is 14.9 Å². The van der Waals surface area contributed by atoms with E-state index in [1.165, 1.54) is 6.20 Å². The molecular formula is C29H34N6O3. The molecular weight excluding hydrogens is 480 g/mol. The van der Waals surface area contributed by atoms with Crippen LogP contribution in [0.1, 0.15) is 45.6 Å². The molecule has 1 aliphatic heterocycles. The highest BCUT2D eigenvalue weighted by molar-refractivity contribution is 5.85. The molecule has 0 aliphatic carbocycles. The summed E-state index contributed by atoms with van der Waals surface area (Å²) in [5.74, 6) is 1.35. The first kappa shape index (κ1) is 27.0. The summed E-state index contributed by atoms with van der Waals surface area (Å²) in [5.41, 5.74) is 1.86. The van der Waals surface area contributed by atoms with Gasteiger partial charge in [-0.2, -0.15) is 10.4 Å². The van der Waals surface area contributed by atoms with Crippen molar-refractivity contribution in [3.63, 3.8) is 0 Å². The van der Waals surface area contributed by atoms with E-state index in [0.29, 0.717) is 49.2 Å². The third-order valence-electron chi connectivity index (χ3n) is 6.55. The Morgan fingerprint density at radius 1 is 1.32 bits per heavy atom. The lowest BCUT2D eigenvalue weighted by Crippen LogP contribution is -2.44. The van der Waals surface area contributed by atoms with Gasteiger partial charge >= 0.3 is 0 Å². The molecule has 3 aromatic rings. The molecule has 3 aromatic heterocycles. The van der Waals surface area contributed by atoms with Gasteiger partial charge in [0.05, 0.1) is 34.7 Å². The number of rotatable bonds is 9. The first-order valence-electron chi connectivity index (χ1n) is 12.6. The van der Waals surface area contributed by atoms with Crippen LogP contribution in [0.5, 0.6) is 5.75 Å². The SMILES string of the molecule is C=N/C=C(\C=C/C)CC1(O)CCN(c2ccc(-c3cc(OCC(C)(C)O)cn4ncc(C#N)c34)cn2)CC1. The van der Waals surface area contributed by atoms with Crippen LogP contribution in [0.25, 0.3) is 16.6 Å². The van der Waals surface area contributed by atoms with Gasteiger partial charge in [0.1, 0.15) is 24.2 Å². The molecule has 198 valence electrons. The van der Waals surface area contributed by atoms with Gasteiger partial charge in [0.25, 0.3) is 0 Å². The smallest absolute Gasteiger partial charge is 0.138 e. The third-order valence-corrected chi connectivity index (χ3v) is 6.55. The summed E-state index contributed by atoms with van der Waals surface area (Å²) < 4.78 is 7.43. The van der Waals surface area contributed by atoms with Crippen LogP contribution in [0, 0.1) is 11.3 Å².